The van der Waals surface area contributed by atoms with Crippen molar-refractivity contribution < 1.29 is 29.0 Å². The van der Waals surface area contributed by atoms with Crippen LogP contribution in [0.5, 0.6) is 5.75 Å². The van der Waals surface area contributed by atoms with Gasteiger partial charge in [0.05, 0.1) is 37.4 Å². The highest BCUT2D eigenvalue weighted by atomic mass is 16.5. The van der Waals surface area contributed by atoms with Gasteiger partial charge in [-0.1, -0.05) is 18.2 Å². The summed E-state index contributed by atoms with van der Waals surface area (Å²) < 4.78 is 11.1. The Morgan fingerprint density at radius 1 is 1.12 bits per heavy atom. The maximum atomic E-state index is 14.1. The van der Waals surface area contributed by atoms with E-state index in [0.29, 0.717) is 45.6 Å². The molecular formula is C31H30N4O7. The van der Waals surface area contributed by atoms with Crippen LogP contribution in [0.15, 0.2) is 65.7 Å². The summed E-state index contributed by atoms with van der Waals surface area (Å²) in [5, 5.41) is 16.0. The van der Waals surface area contributed by atoms with Crippen molar-refractivity contribution in [3.8, 4) is 5.75 Å². The summed E-state index contributed by atoms with van der Waals surface area (Å²) in [6, 6.07) is 14.5. The number of carboxylic acids is 1. The van der Waals surface area contributed by atoms with Gasteiger partial charge in [0.15, 0.2) is 5.78 Å². The van der Waals surface area contributed by atoms with Gasteiger partial charge in [-0.05, 0) is 60.0 Å². The number of benzene rings is 3. The molecule has 42 heavy (non-hydrogen) atoms. The number of fused-ring (bicyclic) bond motifs is 10. The van der Waals surface area contributed by atoms with Crippen LogP contribution in [0.1, 0.15) is 47.1 Å². The van der Waals surface area contributed by atoms with E-state index >= 15 is 0 Å². The van der Waals surface area contributed by atoms with Crippen LogP contribution in [-0.4, -0.2) is 46.6 Å². The Kier molecular flexibility index (Phi) is 8.19. The summed E-state index contributed by atoms with van der Waals surface area (Å²) in [5.74, 6) is -1.49. The van der Waals surface area contributed by atoms with Crippen LogP contribution in [0.2, 0.25) is 0 Å². The van der Waals surface area contributed by atoms with E-state index in [1.165, 1.54) is 13.4 Å². The maximum absolute atomic E-state index is 14.1. The number of nitrogens with one attached hydrogen (secondary N) is 3. The van der Waals surface area contributed by atoms with Gasteiger partial charge in [-0.2, -0.15) is 0 Å². The van der Waals surface area contributed by atoms with Gasteiger partial charge in [0.2, 0.25) is 0 Å². The number of ether oxygens (including phenoxy) is 2. The number of aryl methyl sites for hydroxylation is 1. The van der Waals surface area contributed by atoms with Crippen molar-refractivity contribution in [2.75, 3.05) is 24.4 Å². The summed E-state index contributed by atoms with van der Waals surface area (Å²) in [7, 11) is 1.52. The van der Waals surface area contributed by atoms with Crippen molar-refractivity contribution in [3.63, 3.8) is 0 Å². The van der Waals surface area contributed by atoms with Crippen LogP contribution in [0.25, 0.3) is 10.9 Å². The Hall–Kier alpha value is -5.19. The van der Waals surface area contributed by atoms with Crippen molar-refractivity contribution in [2.24, 2.45) is 0 Å². The lowest BCUT2D eigenvalue weighted by Crippen LogP contribution is -2.24. The summed E-state index contributed by atoms with van der Waals surface area (Å²) in [4.78, 5) is 57.6. The molecule has 3 heterocycles. The van der Waals surface area contributed by atoms with Crippen molar-refractivity contribution in [2.45, 2.75) is 38.1 Å². The fourth-order valence-electron chi connectivity index (χ4n) is 5.31. The lowest BCUT2D eigenvalue weighted by Gasteiger charge is -2.25. The van der Waals surface area contributed by atoms with Crippen molar-refractivity contribution >= 4 is 40.1 Å². The summed E-state index contributed by atoms with van der Waals surface area (Å²) >= 11 is 0. The van der Waals surface area contributed by atoms with Crippen molar-refractivity contribution in [3.05, 3.63) is 93.5 Å². The predicted octanol–water partition coefficient (Wildman–Crippen LogP) is 4.72. The van der Waals surface area contributed by atoms with Crippen LogP contribution < -0.4 is 20.9 Å². The number of aromatic nitrogens is 2. The molecule has 4 N–H and O–H groups in total. The van der Waals surface area contributed by atoms with Gasteiger partial charge < -0.3 is 24.9 Å². The number of aliphatic carboxylic acids is 1. The van der Waals surface area contributed by atoms with Gasteiger partial charge in [0, 0.05) is 35.7 Å². The fourth-order valence-corrected chi connectivity index (χ4v) is 5.31. The third kappa shape index (κ3) is 6.25. The molecule has 1 amide bonds. The third-order valence-electron chi connectivity index (χ3n) is 7.34. The molecule has 2 aliphatic heterocycles. The zero-order valence-electron chi connectivity index (χ0n) is 23.1. The Morgan fingerprint density at radius 2 is 1.95 bits per heavy atom. The molecule has 0 unspecified atom stereocenters. The molecule has 0 spiro atoms. The quantitative estimate of drug-likeness (QED) is 0.266. The predicted molar refractivity (Wildman–Crippen MR) is 156 cm³/mol. The number of amides is 1. The van der Waals surface area contributed by atoms with Gasteiger partial charge in [-0.25, -0.2) is 9.78 Å². The minimum absolute atomic E-state index is 0.0873. The Labute approximate surface area is 240 Å². The molecular weight excluding hydrogens is 540 g/mol. The van der Waals surface area contributed by atoms with Crippen LogP contribution >= 0.6 is 0 Å². The minimum atomic E-state index is -1.06. The standard InChI is InChI=1S/C31H30N4O7/c1-17-10-20-13-27(41-2)23(17)8-9-42-31(40)35-21-5-3-4-18(11-21)19(14-28(37)38)12-26(36)29(20)34-22-6-7-25-24(15-22)30(39)33-16-32-25/h3-7,10-11,13,15-16,19,29,34H,8-9,12,14H2,1-2H3,(H,35,40)(H,37,38)(H,32,33,39)/t19-,29-/m1/s1. The number of methoxy groups -OCH3 is 1. The number of ketones is 1. The third-order valence-corrected chi connectivity index (χ3v) is 7.34. The van der Waals surface area contributed by atoms with Gasteiger partial charge in [-0.15, -0.1) is 0 Å². The summed E-state index contributed by atoms with van der Waals surface area (Å²) in [6.07, 6.45) is 0.650. The number of carbonyl (C=O) groups excluding carboxylic acids is 2. The molecule has 2 atom stereocenters. The van der Waals surface area contributed by atoms with E-state index in [2.05, 4.69) is 20.6 Å². The topological polar surface area (TPSA) is 160 Å². The number of rotatable bonds is 5. The second-order valence-electron chi connectivity index (χ2n) is 10.2. The SMILES string of the molecule is COc1cc2cc(C)c1CCOC(=O)Nc1cccc(c1)[C@@H](CC(=O)O)CC(=O)[C@@H]2Nc1ccc2nc[nH]c(=O)c2c1. The Bertz CT molecular complexity index is 1730. The lowest BCUT2D eigenvalue weighted by atomic mass is 9.86. The van der Waals surface area contributed by atoms with Crippen LogP contribution in [0.3, 0.4) is 0 Å². The number of Topliss-reactive ketones (excluding diaryl/α,β-unsaturated/α-hetero) is 1. The highest BCUT2D eigenvalue weighted by Gasteiger charge is 2.28. The number of carbonyl (C=O) groups is 3. The molecule has 216 valence electrons. The number of nitrogens with zero attached hydrogens (tertiary/aromatic N) is 1. The van der Waals surface area contributed by atoms with Gasteiger partial charge in [-0.3, -0.25) is 19.7 Å². The molecule has 2 aliphatic rings. The van der Waals surface area contributed by atoms with Crippen molar-refractivity contribution in [1.29, 1.82) is 0 Å². The maximum Gasteiger partial charge on any atom is 0.411 e. The molecule has 11 nitrogen and oxygen atoms in total. The molecule has 0 aliphatic carbocycles. The molecule has 0 saturated heterocycles. The van der Waals surface area contributed by atoms with E-state index < -0.39 is 24.0 Å². The van der Waals surface area contributed by atoms with Crippen LogP contribution in [0.4, 0.5) is 16.2 Å². The van der Waals surface area contributed by atoms with E-state index in [9.17, 15) is 24.3 Å². The summed E-state index contributed by atoms with van der Waals surface area (Å²) in [6.45, 7) is 1.97. The number of H-pyrrole nitrogens is 1. The molecule has 0 fully saturated rings. The zero-order valence-corrected chi connectivity index (χ0v) is 23.1. The first-order valence-electron chi connectivity index (χ1n) is 13.4. The average molecular weight is 571 g/mol. The smallest absolute Gasteiger partial charge is 0.411 e. The molecule has 0 radical (unpaired) electrons. The minimum Gasteiger partial charge on any atom is -0.496 e. The average Bonchev–Trinajstić information content (AvgIpc) is 2.96. The van der Waals surface area contributed by atoms with Crippen LogP contribution in [0, 0.1) is 6.92 Å². The molecule has 4 bridgehead atoms. The largest absolute Gasteiger partial charge is 0.496 e. The first kappa shape index (κ1) is 28.3. The highest BCUT2D eigenvalue weighted by molar-refractivity contribution is 5.91. The second kappa shape index (κ2) is 12.1. The first-order valence-corrected chi connectivity index (χ1v) is 13.4. The molecule has 6 rings (SSSR count). The number of aromatic amines is 1. The Morgan fingerprint density at radius 3 is 2.74 bits per heavy atom. The van der Waals surface area contributed by atoms with Gasteiger partial charge in [0.1, 0.15) is 11.8 Å². The molecule has 0 saturated carbocycles. The number of hydrogen-bond acceptors (Lipinski definition) is 8. The number of carboxylic acid groups (broad SMARTS) is 1. The van der Waals surface area contributed by atoms with E-state index in [1.54, 1.807) is 48.5 Å². The molecule has 4 aromatic rings. The second-order valence-corrected chi connectivity index (χ2v) is 10.2. The van der Waals surface area contributed by atoms with E-state index in [-0.39, 0.29) is 30.8 Å². The fraction of sp³-hybridized carbons (Fsp3) is 0.258. The lowest BCUT2D eigenvalue weighted by molar-refractivity contribution is -0.137. The monoisotopic (exact) mass is 570 g/mol. The zero-order chi connectivity index (χ0) is 29.8. The number of hydrogen-bond donors (Lipinski definition) is 4. The number of anilines is 2. The van der Waals surface area contributed by atoms with Crippen molar-refractivity contribution in [1.82, 2.24) is 9.97 Å². The van der Waals surface area contributed by atoms with E-state index in [1.807, 2.05) is 13.0 Å². The summed E-state index contributed by atoms with van der Waals surface area (Å²) in [5.41, 5.74) is 3.97. The van der Waals surface area contributed by atoms with E-state index in [0.717, 1.165) is 11.1 Å². The van der Waals surface area contributed by atoms with E-state index in [4.69, 9.17) is 9.47 Å². The molecule has 3 aromatic carbocycles. The molecule has 11 heteroatoms. The van der Waals surface area contributed by atoms with Gasteiger partial charge in [0.25, 0.3) is 5.56 Å². The van der Waals surface area contributed by atoms with Gasteiger partial charge >= 0.3 is 12.1 Å². The first-order chi connectivity index (χ1) is 20.2. The Balaban J connectivity index is 1.62. The normalized spacial score (nSPS) is 17.4. The highest BCUT2D eigenvalue weighted by Crippen LogP contribution is 2.34. The van der Waals surface area contributed by atoms with Crippen LogP contribution in [-0.2, 0) is 20.7 Å². The molecule has 1 aromatic heterocycles.